The maximum absolute atomic E-state index is 13.0. The Bertz CT molecular complexity index is 946. The van der Waals surface area contributed by atoms with Gasteiger partial charge in [-0.05, 0) is 56.0 Å². The van der Waals surface area contributed by atoms with Crippen LogP contribution in [0.1, 0.15) is 54.4 Å². The van der Waals surface area contributed by atoms with Crippen LogP contribution >= 0.6 is 15.9 Å². The zero-order chi connectivity index (χ0) is 22.6. The Hall–Kier alpha value is -2.34. The summed E-state index contributed by atoms with van der Waals surface area (Å²) in [6.07, 6.45) is 5.88. The predicted molar refractivity (Wildman–Crippen MR) is 129 cm³/mol. The lowest BCUT2D eigenvalue weighted by Gasteiger charge is -2.34. The Morgan fingerprint density at radius 1 is 1.06 bits per heavy atom. The van der Waals surface area contributed by atoms with Gasteiger partial charge < -0.3 is 15.0 Å². The lowest BCUT2D eigenvalue weighted by molar-refractivity contribution is -0.126. The van der Waals surface area contributed by atoms with Crippen LogP contribution in [0.4, 0.5) is 0 Å². The van der Waals surface area contributed by atoms with Gasteiger partial charge in [-0.1, -0.05) is 47.0 Å². The number of benzene rings is 2. The summed E-state index contributed by atoms with van der Waals surface area (Å²) < 4.78 is 6.59. The van der Waals surface area contributed by atoms with Gasteiger partial charge in [0.05, 0.1) is 7.11 Å². The molecule has 1 heterocycles. The molecule has 1 aliphatic carbocycles. The number of rotatable bonds is 6. The first-order chi connectivity index (χ1) is 15.5. The number of para-hydroxylation sites is 1. The minimum atomic E-state index is -0.0550. The van der Waals surface area contributed by atoms with Gasteiger partial charge in [0, 0.05) is 46.6 Å². The number of methoxy groups -OCH3 is 1. The molecule has 2 aromatic carbocycles. The molecule has 2 aromatic rings. The average Bonchev–Trinajstić information content (AvgIpc) is 3.33. The summed E-state index contributed by atoms with van der Waals surface area (Å²) in [4.78, 5) is 27.6. The molecule has 0 radical (unpaired) electrons. The van der Waals surface area contributed by atoms with Crippen molar-refractivity contribution in [1.29, 1.82) is 0 Å². The molecule has 2 aliphatic rings. The minimum absolute atomic E-state index is 0.0393. The summed E-state index contributed by atoms with van der Waals surface area (Å²) in [7, 11) is 1.71. The van der Waals surface area contributed by atoms with E-state index in [-0.39, 0.29) is 23.1 Å². The van der Waals surface area contributed by atoms with Crippen LogP contribution in [0.15, 0.2) is 53.0 Å². The number of hydrogen-bond donors (Lipinski definition) is 1. The number of carbonyl (C=O) groups is 2. The van der Waals surface area contributed by atoms with Gasteiger partial charge in [0.15, 0.2) is 0 Å². The minimum Gasteiger partial charge on any atom is -0.496 e. The average molecular weight is 499 g/mol. The molecule has 2 fully saturated rings. The van der Waals surface area contributed by atoms with Gasteiger partial charge in [0.25, 0.3) is 5.91 Å². The number of halogens is 1. The maximum atomic E-state index is 13.0. The summed E-state index contributed by atoms with van der Waals surface area (Å²) in [5, 5.41) is 3.26. The van der Waals surface area contributed by atoms with Gasteiger partial charge in [-0.2, -0.15) is 0 Å². The first-order valence-corrected chi connectivity index (χ1v) is 12.3. The molecule has 2 amide bonds. The topological polar surface area (TPSA) is 58.6 Å². The fourth-order valence-electron chi connectivity index (χ4n) is 5.20. The molecule has 0 aromatic heterocycles. The SMILES string of the molecule is COc1ccccc1C1(CNC(=O)C2CCN(C(=O)c3ccc(Br)cc3)CC2)CCCC1. The Kier molecular flexibility index (Phi) is 7.19. The summed E-state index contributed by atoms with van der Waals surface area (Å²) in [5.74, 6) is 1.02. The van der Waals surface area contributed by atoms with Crippen LogP contribution in [0.25, 0.3) is 0 Å². The number of nitrogens with one attached hydrogen (secondary N) is 1. The molecule has 4 rings (SSSR count). The van der Waals surface area contributed by atoms with Crippen LogP contribution in [-0.2, 0) is 10.2 Å². The van der Waals surface area contributed by atoms with Gasteiger partial charge in [-0.15, -0.1) is 0 Å². The van der Waals surface area contributed by atoms with E-state index in [9.17, 15) is 9.59 Å². The molecule has 0 atom stereocenters. The van der Waals surface area contributed by atoms with Crippen LogP contribution in [-0.4, -0.2) is 43.5 Å². The van der Waals surface area contributed by atoms with Gasteiger partial charge in [0.2, 0.25) is 5.91 Å². The molecule has 32 heavy (non-hydrogen) atoms. The highest BCUT2D eigenvalue weighted by Gasteiger charge is 2.38. The zero-order valence-corrected chi connectivity index (χ0v) is 20.2. The Balaban J connectivity index is 1.34. The van der Waals surface area contributed by atoms with Gasteiger partial charge in [-0.3, -0.25) is 9.59 Å². The fourth-order valence-corrected chi connectivity index (χ4v) is 5.46. The quantitative estimate of drug-likeness (QED) is 0.613. The number of hydrogen-bond acceptors (Lipinski definition) is 3. The van der Waals surface area contributed by atoms with Crippen LogP contribution in [0.5, 0.6) is 5.75 Å². The van der Waals surface area contributed by atoms with E-state index in [2.05, 4.69) is 33.4 Å². The number of carbonyl (C=O) groups excluding carboxylic acids is 2. The first kappa shape index (κ1) is 22.8. The van der Waals surface area contributed by atoms with Crippen molar-refractivity contribution in [3.63, 3.8) is 0 Å². The Morgan fingerprint density at radius 2 is 1.72 bits per heavy atom. The maximum Gasteiger partial charge on any atom is 0.253 e. The second-order valence-electron chi connectivity index (χ2n) is 8.98. The fraction of sp³-hybridized carbons (Fsp3) is 0.462. The van der Waals surface area contributed by atoms with E-state index < -0.39 is 0 Å². The molecule has 1 saturated carbocycles. The molecule has 0 unspecified atom stereocenters. The van der Waals surface area contributed by atoms with Crippen molar-refractivity contribution < 1.29 is 14.3 Å². The second kappa shape index (κ2) is 10.1. The lowest BCUT2D eigenvalue weighted by atomic mass is 9.78. The van der Waals surface area contributed by atoms with Crippen molar-refractivity contribution >= 4 is 27.7 Å². The molecule has 1 saturated heterocycles. The number of nitrogens with zero attached hydrogens (tertiary/aromatic N) is 1. The molecule has 6 heteroatoms. The Morgan fingerprint density at radius 3 is 2.38 bits per heavy atom. The first-order valence-electron chi connectivity index (χ1n) is 11.5. The summed E-state index contributed by atoms with van der Waals surface area (Å²) in [5.41, 5.74) is 1.84. The normalized spacial score (nSPS) is 18.4. The highest BCUT2D eigenvalue weighted by molar-refractivity contribution is 9.10. The van der Waals surface area contributed by atoms with E-state index in [1.165, 1.54) is 18.4 Å². The molecule has 1 aliphatic heterocycles. The molecule has 170 valence electrons. The third-order valence-electron chi connectivity index (χ3n) is 7.08. The monoisotopic (exact) mass is 498 g/mol. The summed E-state index contributed by atoms with van der Waals surface area (Å²) in [6, 6.07) is 15.6. The van der Waals surface area contributed by atoms with E-state index in [1.54, 1.807) is 7.11 Å². The van der Waals surface area contributed by atoms with Crippen LogP contribution in [0.3, 0.4) is 0 Å². The standard InChI is InChI=1S/C26H31BrN2O3/c1-32-23-7-3-2-6-22(23)26(14-4-5-15-26)18-28-24(30)19-12-16-29(17-13-19)25(31)20-8-10-21(27)11-9-20/h2-3,6-11,19H,4-5,12-18H2,1H3,(H,28,30). The van der Waals surface area contributed by atoms with Gasteiger partial charge in [-0.25, -0.2) is 0 Å². The summed E-state index contributed by atoms with van der Waals surface area (Å²) >= 11 is 3.40. The predicted octanol–water partition coefficient (Wildman–Crippen LogP) is 4.94. The number of piperidine rings is 1. The van der Waals surface area contributed by atoms with Crippen LogP contribution in [0.2, 0.25) is 0 Å². The number of likely N-dealkylation sites (tertiary alicyclic amines) is 1. The van der Waals surface area contributed by atoms with Gasteiger partial charge >= 0.3 is 0 Å². The Labute approximate surface area is 198 Å². The van der Waals surface area contributed by atoms with E-state index in [0.717, 1.165) is 23.1 Å². The molecule has 0 spiro atoms. The molecule has 5 nitrogen and oxygen atoms in total. The van der Waals surface area contributed by atoms with E-state index in [4.69, 9.17) is 4.74 Å². The van der Waals surface area contributed by atoms with E-state index in [1.807, 2.05) is 41.3 Å². The third kappa shape index (κ3) is 4.85. The van der Waals surface area contributed by atoms with Crippen LogP contribution in [0, 0.1) is 5.92 Å². The van der Waals surface area contributed by atoms with Crippen molar-refractivity contribution in [2.45, 2.75) is 43.9 Å². The highest BCUT2D eigenvalue weighted by Crippen LogP contribution is 2.44. The van der Waals surface area contributed by atoms with E-state index in [0.29, 0.717) is 38.0 Å². The second-order valence-corrected chi connectivity index (χ2v) is 9.89. The highest BCUT2D eigenvalue weighted by atomic mass is 79.9. The van der Waals surface area contributed by atoms with Crippen molar-refractivity contribution in [3.05, 3.63) is 64.1 Å². The molecule has 1 N–H and O–H groups in total. The van der Waals surface area contributed by atoms with Crippen molar-refractivity contribution in [2.24, 2.45) is 5.92 Å². The third-order valence-corrected chi connectivity index (χ3v) is 7.61. The van der Waals surface area contributed by atoms with E-state index >= 15 is 0 Å². The zero-order valence-electron chi connectivity index (χ0n) is 18.6. The summed E-state index contributed by atoms with van der Waals surface area (Å²) in [6.45, 7) is 1.87. The number of amides is 2. The van der Waals surface area contributed by atoms with Crippen molar-refractivity contribution in [3.8, 4) is 5.75 Å². The van der Waals surface area contributed by atoms with Crippen molar-refractivity contribution in [2.75, 3.05) is 26.7 Å². The molecule has 0 bridgehead atoms. The largest absolute Gasteiger partial charge is 0.496 e. The van der Waals surface area contributed by atoms with Crippen LogP contribution < -0.4 is 10.1 Å². The smallest absolute Gasteiger partial charge is 0.253 e. The number of ether oxygens (including phenoxy) is 1. The molecular weight excluding hydrogens is 468 g/mol. The van der Waals surface area contributed by atoms with Gasteiger partial charge in [0.1, 0.15) is 5.75 Å². The molecular formula is C26H31BrN2O3. The lowest BCUT2D eigenvalue weighted by Crippen LogP contribution is -2.46. The van der Waals surface area contributed by atoms with Crippen molar-refractivity contribution in [1.82, 2.24) is 10.2 Å².